The van der Waals surface area contributed by atoms with Crippen LogP contribution in [0.1, 0.15) is 16.2 Å². The Bertz CT molecular complexity index is 1350. The minimum atomic E-state index is -5.20. The lowest BCUT2D eigenvalue weighted by molar-refractivity contribution is -0.143. The first-order valence-electron chi connectivity index (χ1n) is 7.92. The number of carbonyl (C=O) groups is 1. The lowest BCUT2D eigenvalue weighted by atomic mass is 10.2. The third-order valence-corrected chi connectivity index (χ3v) is 6.86. The number of hydrogen-bond acceptors (Lipinski definition) is 5. The van der Waals surface area contributed by atoms with Crippen LogP contribution in [0.15, 0.2) is 35.2 Å². The first kappa shape index (κ1) is 24.9. The van der Waals surface area contributed by atoms with Crippen molar-refractivity contribution < 1.29 is 26.4 Å². The monoisotopic (exact) mass is 566 g/mol. The molecule has 3 aromatic rings. The minimum absolute atomic E-state index is 0.0435. The van der Waals surface area contributed by atoms with Crippen LogP contribution in [0.2, 0.25) is 25.1 Å². The Morgan fingerprint density at radius 2 is 1.56 bits per heavy atom. The van der Waals surface area contributed by atoms with Crippen LogP contribution in [-0.2, 0) is 16.2 Å². The highest BCUT2D eigenvalue weighted by Crippen LogP contribution is 2.37. The molecule has 0 saturated carbocycles. The van der Waals surface area contributed by atoms with E-state index in [2.05, 4.69) is 10.3 Å². The third kappa shape index (κ3) is 4.92. The number of halogens is 8. The molecule has 1 amide bonds. The van der Waals surface area contributed by atoms with Crippen LogP contribution in [0.3, 0.4) is 0 Å². The molecule has 1 heterocycles. The predicted octanol–water partition coefficient (Wildman–Crippen LogP) is 5.67. The molecule has 0 spiro atoms. The van der Waals surface area contributed by atoms with E-state index in [-0.39, 0.29) is 29.8 Å². The normalized spacial score (nSPS) is 12.1. The van der Waals surface area contributed by atoms with Crippen molar-refractivity contribution in [2.24, 2.45) is 0 Å². The Kier molecular flexibility index (Phi) is 6.90. The summed E-state index contributed by atoms with van der Waals surface area (Å²) in [6, 6.07) is 5.25. The first-order chi connectivity index (χ1) is 14.7. The van der Waals surface area contributed by atoms with Crippen molar-refractivity contribution in [3.63, 3.8) is 0 Å². The van der Waals surface area contributed by atoms with Gasteiger partial charge < -0.3 is 0 Å². The molecule has 32 heavy (non-hydrogen) atoms. The van der Waals surface area contributed by atoms with Gasteiger partial charge in [0.05, 0.1) is 25.8 Å². The van der Waals surface area contributed by atoms with Gasteiger partial charge >= 0.3 is 6.18 Å². The molecule has 0 bridgehead atoms. The predicted molar refractivity (Wildman–Crippen MR) is 113 cm³/mol. The summed E-state index contributed by atoms with van der Waals surface area (Å²) in [4.78, 5) is 11.9. The average Bonchev–Trinajstić information content (AvgIpc) is 3.09. The Hall–Kier alpha value is -1.76. The fourth-order valence-electron chi connectivity index (χ4n) is 2.45. The summed E-state index contributed by atoms with van der Waals surface area (Å²) in [5.41, 5.74) is -3.44. The number of sulfonamides is 1. The highest BCUT2D eigenvalue weighted by atomic mass is 35.5. The van der Waals surface area contributed by atoms with Crippen LogP contribution < -0.4 is 4.72 Å². The van der Waals surface area contributed by atoms with Gasteiger partial charge in [-0.25, -0.2) is 17.8 Å². The molecule has 0 saturated heterocycles. The number of benzene rings is 2. The number of aromatic nitrogens is 3. The second-order valence-corrected chi connectivity index (χ2v) is 9.64. The summed E-state index contributed by atoms with van der Waals surface area (Å²) in [6.45, 7) is 0. The van der Waals surface area contributed by atoms with E-state index in [1.54, 1.807) is 0 Å². The number of alkyl halides is 3. The van der Waals surface area contributed by atoms with Crippen LogP contribution in [0, 0.1) is 0 Å². The molecule has 0 fully saturated rings. The highest BCUT2D eigenvalue weighted by molar-refractivity contribution is 7.90. The SMILES string of the molecule is O=C(NS(=O)(=O)c1ccc(Cl)cc1Cl)c1nnn(-c2cc(Cl)c(Cl)cc2Cl)c1C(F)(F)F. The first-order valence-corrected chi connectivity index (χ1v) is 11.3. The second kappa shape index (κ2) is 8.88. The lowest BCUT2D eigenvalue weighted by Gasteiger charge is -2.13. The Morgan fingerprint density at radius 1 is 0.938 bits per heavy atom. The van der Waals surface area contributed by atoms with Crippen LogP contribution in [0.25, 0.3) is 5.69 Å². The maximum atomic E-state index is 13.8. The van der Waals surface area contributed by atoms with Crippen LogP contribution in [0.4, 0.5) is 13.2 Å². The largest absolute Gasteiger partial charge is 0.435 e. The van der Waals surface area contributed by atoms with Gasteiger partial charge in [0.15, 0.2) is 11.4 Å². The van der Waals surface area contributed by atoms with Crippen LogP contribution in [0.5, 0.6) is 0 Å². The van der Waals surface area contributed by atoms with E-state index < -0.39 is 44.1 Å². The van der Waals surface area contributed by atoms with E-state index in [9.17, 15) is 26.4 Å². The zero-order valence-corrected chi connectivity index (χ0v) is 19.5. The molecule has 1 N–H and O–H groups in total. The number of amides is 1. The number of carbonyl (C=O) groups excluding carboxylic acids is 1. The molecule has 3 rings (SSSR count). The molecule has 1 aromatic heterocycles. The van der Waals surface area contributed by atoms with Gasteiger partial charge in [-0.2, -0.15) is 13.2 Å². The lowest BCUT2D eigenvalue weighted by Crippen LogP contribution is -2.33. The molecule has 0 aliphatic rings. The molecule has 0 radical (unpaired) electrons. The molecular formula is C16H6Cl5F3N4O3S. The number of hydrogen-bond donors (Lipinski definition) is 1. The third-order valence-electron chi connectivity index (χ3n) is 3.78. The molecule has 0 aliphatic heterocycles. The smallest absolute Gasteiger partial charge is 0.266 e. The van der Waals surface area contributed by atoms with Crippen molar-refractivity contribution >= 4 is 73.9 Å². The van der Waals surface area contributed by atoms with Gasteiger partial charge in [-0.3, -0.25) is 4.79 Å². The molecule has 170 valence electrons. The molecule has 0 unspecified atom stereocenters. The quantitative estimate of drug-likeness (QED) is 0.410. The highest BCUT2D eigenvalue weighted by Gasteiger charge is 2.43. The summed E-state index contributed by atoms with van der Waals surface area (Å²) in [5, 5.41) is 5.74. The number of rotatable bonds is 4. The van der Waals surface area contributed by atoms with Crippen LogP contribution in [-0.4, -0.2) is 29.3 Å². The van der Waals surface area contributed by atoms with Crippen molar-refractivity contribution in [3.05, 3.63) is 66.8 Å². The molecule has 16 heteroatoms. The summed E-state index contributed by atoms with van der Waals surface area (Å²) in [7, 11) is -4.69. The fraction of sp³-hybridized carbons (Fsp3) is 0.0625. The van der Waals surface area contributed by atoms with Crippen molar-refractivity contribution in [2.75, 3.05) is 0 Å². The number of nitrogens with zero attached hydrogens (tertiary/aromatic N) is 3. The second-order valence-electron chi connectivity index (χ2n) is 5.92. The van der Waals surface area contributed by atoms with Crippen LogP contribution >= 0.6 is 58.0 Å². The van der Waals surface area contributed by atoms with E-state index in [0.29, 0.717) is 0 Å². The van der Waals surface area contributed by atoms with Crippen molar-refractivity contribution in [1.82, 2.24) is 19.7 Å². The molecule has 0 aliphatic carbocycles. The minimum Gasteiger partial charge on any atom is -0.266 e. The summed E-state index contributed by atoms with van der Waals surface area (Å²) in [6.07, 6.45) is -5.20. The fourth-order valence-corrected chi connectivity index (χ4v) is 4.80. The van der Waals surface area contributed by atoms with E-state index in [1.807, 2.05) is 0 Å². The van der Waals surface area contributed by atoms with Gasteiger partial charge in [-0.05, 0) is 30.3 Å². The molecule has 2 aromatic carbocycles. The Labute approximate surface area is 203 Å². The molecule has 7 nitrogen and oxygen atoms in total. The van der Waals surface area contributed by atoms with E-state index in [1.165, 1.54) is 4.72 Å². The zero-order chi connectivity index (χ0) is 24.0. The van der Waals surface area contributed by atoms with Gasteiger partial charge in [-0.15, -0.1) is 5.10 Å². The van der Waals surface area contributed by atoms with Gasteiger partial charge in [0.1, 0.15) is 4.90 Å². The number of nitrogens with one attached hydrogen (secondary N) is 1. The van der Waals surface area contributed by atoms with Gasteiger partial charge in [-0.1, -0.05) is 63.2 Å². The molecule has 0 atom stereocenters. The van der Waals surface area contributed by atoms with Crippen molar-refractivity contribution in [2.45, 2.75) is 11.1 Å². The zero-order valence-electron chi connectivity index (χ0n) is 14.9. The van der Waals surface area contributed by atoms with Gasteiger partial charge in [0, 0.05) is 5.02 Å². The van der Waals surface area contributed by atoms with Crippen molar-refractivity contribution in [1.29, 1.82) is 0 Å². The average molecular weight is 569 g/mol. The van der Waals surface area contributed by atoms with E-state index in [4.69, 9.17) is 58.0 Å². The van der Waals surface area contributed by atoms with Gasteiger partial charge in [0.25, 0.3) is 15.9 Å². The Morgan fingerprint density at radius 3 is 2.16 bits per heavy atom. The summed E-state index contributed by atoms with van der Waals surface area (Å²) in [5.74, 6) is -1.72. The maximum Gasteiger partial charge on any atom is 0.435 e. The molecular weight excluding hydrogens is 563 g/mol. The topological polar surface area (TPSA) is 93.9 Å². The Balaban J connectivity index is 2.09. The maximum absolute atomic E-state index is 13.8. The van der Waals surface area contributed by atoms with Gasteiger partial charge in [0.2, 0.25) is 0 Å². The standard InChI is InChI=1S/C16H6Cl5F3N4O3S/c17-6-1-2-12(10(21)3-6)32(30,31)26-15(29)13-14(16(22,23)24)28(27-25-13)11-5-8(19)7(18)4-9(11)20/h1-5H,(H,26,29). The van der Waals surface area contributed by atoms with E-state index in [0.717, 1.165) is 30.3 Å². The van der Waals surface area contributed by atoms with E-state index >= 15 is 0 Å². The summed E-state index contributed by atoms with van der Waals surface area (Å²) < 4.78 is 68.0. The summed E-state index contributed by atoms with van der Waals surface area (Å²) >= 11 is 29.1. The van der Waals surface area contributed by atoms with Crippen molar-refractivity contribution in [3.8, 4) is 5.69 Å².